The van der Waals surface area contributed by atoms with Crippen LogP contribution in [0.4, 0.5) is 0 Å². The molecule has 0 heterocycles. The van der Waals surface area contributed by atoms with Crippen molar-refractivity contribution in [2.45, 2.75) is 102 Å². The Kier molecular flexibility index (Phi) is 5.30. The Morgan fingerprint density at radius 3 is 2.14 bits per heavy atom. The molecule has 122 valence electrons. The van der Waals surface area contributed by atoms with Crippen molar-refractivity contribution in [1.82, 2.24) is 0 Å². The van der Waals surface area contributed by atoms with E-state index in [1.54, 1.807) is 0 Å². The van der Waals surface area contributed by atoms with E-state index in [0.29, 0.717) is 0 Å². The summed E-state index contributed by atoms with van der Waals surface area (Å²) in [7, 11) is 0. The van der Waals surface area contributed by atoms with Crippen molar-refractivity contribution in [2.75, 3.05) is 0 Å². The van der Waals surface area contributed by atoms with Gasteiger partial charge >= 0.3 is 0 Å². The van der Waals surface area contributed by atoms with Gasteiger partial charge < -0.3 is 5.73 Å². The topological polar surface area (TPSA) is 26.0 Å². The van der Waals surface area contributed by atoms with Gasteiger partial charge in [-0.25, -0.2) is 0 Å². The molecule has 3 saturated carbocycles. The zero-order valence-corrected chi connectivity index (χ0v) is 14.3. The lowest BCUT2D eigenvalue weighted by molar-refractivity contribution is 0.0107. The Labute approximate surface area is 132 Å². The molecular formula is C20H37N. The first-order chi connectivity index (χ1) is 10.3. The van der Waals surface area contributed by atoms with E-state index in [-0.39, 0.29) is 5.54 Å². The SMILES string of the molecule is CCC1CCCCC1C1(N)CCCCC1C1CCCCC1. The molecule has 1 nitrogen and oxygen atoms in total. The Hall–Kier alpha value is -0.0400. The van der Waals surface area contributed by atoms with Crippen LogP contribution in [0.15, 0.2) is 0 Å². The molecule has 4 atom stereocenters. The normalized spacial score (nSPS) is 42.9. The Balaban J connectivity index is 1.79. The minimum absolute atomic E-state index is 0.196. The molecule has 0 aliphatic heterocycles. The fourth-order valence-corrected chi connectivity index (χ4v) is 6.32. The van der Waals surface area contributed by atoms with E-state index in [2.05, 4.69) is 6.92 Å². The van der Waals surface area contributed by atoms with E-state index in [9.17, 15) is 0 Å². The highest BCUT2D eigenvalue weighted by molar-refractivity contribution is 5.04. The van der Waals surface area contributed by atoms with E-state index in [4.69, 9.17) is 5.73 Å². The largest absolute Gasteiger partial charge is 0.325 e. The number of nitrogens with two attached hydrogens (primary N) is 1. The third-order valence-electron chi connectivity index (χ3n) is 7.41. The third kappa shape index (κ3) is 3.19. The van der Waals surface area contributed by atoms with Crippen LogP contribution in [-0.4, -0.2) is 5.54 Å². The summed E-state index contributed by atoms with van der Waals surface area (Å²) in [4.78, 5) is 0. The van der Waals surface area contributed by atoms with Crippen LogP contribution >= 0.6 is 0 Å². The van der Waals surface area contributed by atoms with Crippen molar-refractivity contribution in [1.29, 1.82) is 0 Å². The first kappa shape index (κ1) is 15.8. The van der Waals surface area contributed by atoms with Crippen molar-refractivity contribution in [3.8, 4) is 0 Å². The summed E-state index contributed by atoms with van der Waals surface area (Å²) in [6.07, 6.45) is 20.1. The average Bonchev–Trinajstić information content (AvgIpc) is 2.56. The minimum Gasteiger partial charge on any atom is -0.325 e. The van der Waals surface area contributed by atoms with Crippen LogP contribution < -0.4 is 5.73 Å². The molecular weight excluding hydrogens is 254 g/mol. The van der Waals surface area contributed by atoms with Crippen LogP contribution in [0, 0.1) is 23.7 Å². The summed E-state index contributed by atoms with van der Waals surface area (Å²) in [6.45, 7) is 2.41. The molecule has 21 heavy (non-hydrogen) atoms. The maximum atomic E-state index is 7.27. The second-order valence-electron chi connectivity index (χ2n) is 8.42. The first-order valence-corrected chi connectivity index (χ1v) is 10.0. The molecule has 1 heteroatoms. The second-order valence-corrected chi connectivity index (χ2v) is 8.42. The molecule has 0 aromatic carbocycles. The van der Waals surface area contributed by atoms with E-state index >= 15 is 0 Å². The lowest BCUT2D eigenvalue weighted by Crippen LogP contribution is -2.59. The predicted octanol–water partition coefficient (Wildman–Crippen LogP) is 5.67. The highest BCUT2D eigenvalue weighted by Gasteiger charge is 2.48. The van der Waals surface area contributed by atoms with Crippen LogP contribution in [0.1, 0.15) is 96.8 Å². The molecule has 3 aliphatic carbocycles. The van der Waals surface area contributed by atoms with Crippen LogP contribution in [0.5, 0.6) is 0 Å². The van der Waals surface area contributed by atoms with Crippen LogP contribution in [0.3, 0.4) is 0 Å². The smallest absolute Gasteiger partial charge is 0.0216 e. The van der Waals surface area contributed by atoms with Gasteiger partial charge in [-0.05, 0) is 42.9 Å². The lowest BCUT2D eigenvalue weighted by Gasteiger charge is -2.54. The van der Waals surface area contributed by atoms with Crippen LogP contribution in [0.2, 0.25) is 0 Å². The highest BCUT2D eigenvalue weighted by atomic mass is 14.8. The molecule has 3 rings (SSSR count). The van der Waals surface area contributed by atoms with E-state index in [0.717, 1.165) is 23.7 Å². The van der Waals surface area contributed by atoms with Crippen LogP contribution in [0.25, 0.3) is 0 Å². The summed E-state index contributed by atoms with van der Waals surface area (Å²) in [5.74, 6) is 3.57. The second kappa shape index (κ2) is 7.02. The summed E-state index contributed by atoms with van der Waals surface area (Å²) in [5, 5.41) is 0. The van der Waals surface area contributed by atoms with Crippen LogP contribution in [-0.2, 0) is 0 Å². The maximum Gasteiger partial charge on any atom is 0.0216 e. The average molecular weight is 292 g/mol. The van der Waals surface area contributed by atoms with Gasteiger partial charge in [0.05, 0.1) is 0 Å². The van der Waals surface area contributed by atoms with Gasteiger partial charge in [-0.2, -0.15) is 0 Å². The Morgan fingerprint density at radius 2 is 1.38 bits per heavy atom. The van der Waals surface area contributed by atoms with E-state index < -0.39 is 0 Å². The fraction of sp³-hybridized carbons (Fsp3) is 1.00. The summed E-state index contributed by atoms with van der Waals surface area (Å²) < 4.78 is 0. The number of rotatable bonds is 3. The molecule has 0 aromatic heterocycles. The number of hydrogen-bond acceptors (Lipinski definition) is 1. The molecule has 0 radical (unpaired) electrons. The zero-order chi connectivity index (χ0) is 14.7. The molecule has 3 fully saturated rings. The minimum atomic E-state index is 0.196. The molecule has 2 N–H and O–H groups in total. The van der Waals surface area contributed by atoms with Gasteiger partial charge in [-0.1, -0.05) is 77.6 Å². The van der Waals surface area contributed by atoms with Gasteiger partial charge in [0.15, 0.2) is 0 Å². The van der Waals surface area contributed by atoms with Crippen molar-refractivity contribution >= 4 is 0 Å². The standard InChI is InChI=1S/C20H37N/c1-2-16-10-6-7-13-18(16)20(21)15-9-8-14-19(20)17-11-4-3-5-12-17/h16-19H,2-15,21H2,1H3. The maximum absolute atomic E-state index is 7.27. The summed E-state index contributed by atoms with van der Waals surface area (Å²) >= 11 is 0. The van der Waals surface area contributed by atoms with Crippen molar-refractivity contribution < 1.29 is 0 Å². The van der Waals surface area contributed by atoms with E-state index in [1.807, 2.05) is 0 Å². The zero-order valence-electron chi connectivity index (χ0n) is 14.3. The lowest BCUT2D eigenvalue weighted by atomic mass is 9.55. The number of hydrogen-bond donors (Lipinski definition) is 1. The monoisotopic (exact) mass is 291 g/mol. The fourth-order valence-electron chi connectivity index (χ4n) is 6.32. The molecule has 0 amide bonds. The van der Waals surface area contributed by atoms with Gasteiger partial charge in [-0.15, -0.1) is 0 Å². The van der Waals surface area contributed by atoms with Crippen molar-refractivity contribution in [2.24, 2.45) is 29.4 Å². The highest BCUT2D eigenvalue weighted by Crippen LogP contribution is 2.51. The summed E-state index contributed by atoms with van der Waals surface area (Å²) in [5.41, 5.74) is 7.47. The van der Waals surface area contributed by atoms with E-state index in [1.165, 1.54) is 89.9 Å². The Morgan fingerprint density at radius 1 is 0.762 bits per heavy atom. The first-order valence-electron chi connectivity index (χ1n) is 10.0. The molecule has 0 saturated heterocycles. The van der Waals surface area contributed by atoms with Crippen molar-refractivity contribution in [3.63, 3.8) is 0 Å². The third-order valence-corrected chi connectivity index (χ3v) is 7.41. The van der Waals surface area contributed by atoms with Gasteiger partial charge in [0.25, 0.3) is 0 Å². The quantitative estimate of drug-likeness (QED) is 0.712. The summed E-state index contributed by atoms with van der Waals surface area (Å²) in [6, 6.07) is 0. The molecule has 4 unspecified atom stereocenters. The molecule has 0 bridgehead atoms. The molecule has 0 aromatic rings. The Bertz CT molecular complexity index is 320. The van der Waals surface area contributed by atoms with Gasteiger partial charge in [0.2, 0.25) is 0 Å². The molecule has 3 aliphatic rings. The van der Waals surface area contributed by atoms with Gasteiger partial charge in [0.1, 0.15) is 0 Å². The van der Waals surface area contributed by atoms with Gasteiger partial charge in [0, 0.05) is 5.54 Å². The molecule has 0 spiro atoms. The van der Waals surface area contributed by atoms with Crippen molar-refractivity contribution in [3.05, 3.63) is 0 Å². The van der Waals surface area contributed by atoms with Gasteiger partial charge in [-0.3, -0.25) is 0 Å². The predicted molar refractivity (Wildman–Crippen MR) is 91.2 cm³/mol.